The summed E-state index contributed by atoms with van der Waals surface area (Å²) in [6.45, 7) is 4.08. The second-order valence-corrected chi connectivity index (χ2v) is 7.37. The lowest BCUT2D eigenvalue weighted by molar-refractivity contribution is -0.125. The molecule has 1 saturated heterocycles. The Morgan fingerprint density at radius 3 is 2.17 bits per heavy atom. The topological polar surface area (TPSA) is 89.9 Å². The van der Waals surface area contributed by atoms with E-state index in [0.717, 1.165) is 11.1 Å². The van der Waals surface area contributed by atoms with Crippen LogP contribution in [0.4, 0.5) is 0 Å². The molecule has 0 saturated carbocycles. The summed E-state index contributed by atoms with van der Waals surface area (Å²) in [7, 11) is 0. The molecule has 1 amide bonds. The number of aryl methyl sites for hydroxylation is 1. The van der Waals surface area contributed by atoms with Gasteiger partial charge in [0.1, 0.15) is 0 Å². The van der Waals surface area contributed by atoms with Crippen LogP contribution in [0.2, 0.25) is 5.02 Å². The van der Waals surface area contributed by atoms with E-state index >= 15 is 0 Å². The maximum Gasteiger partial charge on any atom is 0.416 e. The standard InChI is InChI=1S/C21H20ClN5O3/c1-15-2-4-16(5-3-15)20(17-6-8-18(22)9-7-17)26-10-12-27(13-11-26)21(28)19(14-23-29)24-25-30/h2-9,20H,10-13H2,1H3/p+1. The van der Waals surface area contributed by atoms with Crippen LogP contribution in [-0.4, -0.2) is 52.8 Å². The Bertz CT molecular complexity index is 943. The van der Waals surface area contributed by atoms with Crippen LogP contribution in [0.5, 0.6) is 0 Å². The van der Waals surface area contributed by atoms with Crippen molar-refractivity contribution < 1.29 is 10.0 Å². The van der Waals surface area contributed by atoms with Crippen LogP contribution in [0.1, 0.15) is 22.7 Å². The lowest BCUT2D eigenvalue weighted by Gasteiger charge is -2.39. The quantitative estimate of drug-likeness (QED) is 0.448. The second-order valence-electron chi connectivity index (χ2n) is 6.94. The van der Waals surface area contributed by atoms with Gasteiger partial charge in [0.25, 0.3) is 11.6 Å². The molecule has 0 radical (unpaired) electrons. The number of halogens is 1. The first kappa shape index (κ1) is 21.4. The summed E-state index contributed by atoms with van der Waals surface area (Å²) in [5, 5.41) is 17.5. The van der Waals surface area contributed by atoms with E-state index < -0.39 is 11.6 Å². The molecule has 0 aromatic heterocycles. The molecule has 154 valence electrons. The highest BCUT2D eigenvalue weighted by Crippen LogP contribution is 2.30. The number of hydrogen-bond acceptors (Lipinski definition) is 5. The Morgan fingerprint density at radius 1 is 1.07 bits per heavy atom. The Balaban J connectivity index is 1.81. The van der Waals surface area contributed by atoms with Gasteiger partial charge in [-0.05, 0) is 30.2 Å². The summed E-state index contributed by atoms with van der Waals surface area (Å²) in [6.07, 6.45) is 0. The third-order valence-corrected chi connectivity index (χ3v) is 5.30. The van der Waals surface area contributed by atoms with E-state index in [1.165, 1.54) is 10.5 Å². The zero-order valence-corrected chi connectivity index (χ0v) is 17.2. The maximum atomic E-state index is 12.5. The fourth-order valence-electron chi connectivity index (χ4n) is 3.54. The van der Waals surface area contributed by atoms with Crippen LogP contribution in [-0.2, 0) is 4.79 Å². The molecule has 1 atom stereocenters. The van der Waals surface area contributed by atoms with E-state index in [1.807, 2.05) is 37.3 Å². The summed E-state index contributed by atoms with van der Waals surface area (Å²) in [6, 6.07) is 18.2. The monoisotopic (exact) mass is 426 g/mol. The Hall–Kier alpha value is -3.28. The van der Waals surface area contributed by atoms with Crippen molar-refractivity contribution in [2.24, 2.45) is 10.4 Å². The van der Waals surface area contributed by atoms with E-state index in [9.17, 15) is 9.70 Å². The van der Waals surface area contributed by atoms with Gasteiger partial charge in [-0.2, -0.15) is 5.21 Å². The molecule has 2 aromatic rings. The summed E-state index contributed by atoms with van der Waals surface area (Å²) in [5.74, 6) is -0.551. The Morgan fingerprint density at radius 2 is 1.63 bits per heavy atom. The molecular formula is C21H21ClN5O3+. The van der Waals surface area contributed by atoms with Crippen molar-refractivity contribution in [2.45, 2.75) is 13.0 Å². The molecule has 8 nitrogen and oxygen atoms in total. The minimum atomic E-state index is -0.551. The number of amides is 1. The van der Waals surface area contributed by atoms with Crippen molar-refractivity contribution >= 4 is 23.2 Å². The first-order valence-corrected chi connectivity index (χ1v) is 9.77. The average Bonchev–Trinajstić information content (AvgIpc) is 2.76. The minimum absolute atomic E-state index is 0.00969. The average molecular weight is 427 g/mol. The van der Waals surface area contributed by atoms with E-state index in [1.54, 1.807) is 0 Å². The third-order valence-electron chi connectivity index (χ3n) is 5.04. The van der Waals surface area contributed by atoms with E-state index in [2.05, 4.69) is 44.6 Å². The molecule has 1 N–H and O–H groups in total. The molecule has 1 aliphatic heterocycles. The van der Waals surface area contributed by atoms with Crippen LogP contribution in [0.25, 0.3) is 5.01 Å². The van der Waals surface area contributed by atoms with Crippen molar-refractivity contribution in [2.75, 3.05) is 26.2 Å². The summed E-state index contributed by atoms with van der Waals surface area (Å²) in [4.78, 5) is 26.7. The van der Waals surface area contributed by atoms with Gasteiger partial charge in [0.15, 0.2) is 0 Å². The molecule has 9 heteroatoms. The SMILES string of the molecule is Cc1ccc(C(c2ccc(Cl)cc2)N2CCN(C(=O)C(C#[N+]O)=NN=O)CC2)cc1. The van der Waals surface area contributed by atoms with Crippen molar-refractivity contribution in [3.63, 3.8) is 0 Å². The molecule has 2 aromatic carbocycles. The van der Waals surface area contributed by atoms with Crippen molar-refractivity contribution in [1.82, 2.24) is 9.80 Å². The van der Waals surface area contributed by atoms with Gasteiger partial charge < -0.3 is 4.90 Å². The zero-order chi connectivity index (χ0) is 21.5. The third kappa shape index (κ3) is 5.00. The highest BCUT2D eigenvalue weighted by atomic mass is 35.5. The molecular weight excluding hydrogens is 406 g/mol. The van der Waals surface area contributed by atoms with Gasteiger partial charge in [0.2, 0.25) is 5.01 Å². The summed E-state index contributed by atoms with van der Waals surface area (Å²) in [5.41, 5.74) is 3.02. The fourth-order valence-corrected chi connectivity index (χ4v) is 3.67. The number of benzene rings is 2. The van der Waals surface area contributed by atoms with Gasteiger partial charge in [0.05, 0.1) is 11.3 Å². The highest BCUT2D eigenvalue weighted by Gasteiger charge is 2.31. The normalized spacial score (nSPS) is 15.8. The van der Waals surface area contributed by atoms with Crippen LogP contribution in [0.3, 0.4) is 0 Å². The maximum absolute atomic E-state index is 12.5. The fraction of sp³-hybridized carbons (Fsp3) is 0.286. The van der Waals surface area contributed by atoms with E-state index in [4.69, 9.17) is 16.8 Å². The van der Waals surface area contributed by atoms with Gasteiger partial charge in [-0.25, -0.2) is 0 Å². The lowest BCUT2D eigenvalue weighted by Crippen LogP contribution is -2.51. The number of carbonyl (C=O) groups is 1. The highest BCUT2D eigenvalue weighted by molar-refractivity contribution is 6.45. The predicted octanol–water partition coefficient (Wildman–Crippen LogP) is 3.73. The van der Waals surface area contributed by atoms with Gasteiger partial charge in [0, 0.05) is 31.2 Å². The smallest absolute Gasteiger partial charge is 0.334 e. The predicted molar refractivity (Wildman–Crippen MR) is 115 cm³/mol. The van der Waals surface area contributed by atoms with Crippen molar-refractivity contribution in [3.8, 4) is 6.07 Å². The first-order chi connectivity index (χ1) is 14.5. The Kier molecular flexibility index (Phi) is 7.12. The molecule has 1 fully saturated rings. The Labute approximate surface area is 179 Å². The molecule has 1 unspecified atom stereocenters. The van der Waals surface area contributed by atoms with Crippen LogP contribution in [0.15, 0.2) is 58.9 Å². The van der Waals surface area contributed by atoms with Gasteiger partial charge in [-0.3, -0.25) is 9.69 Å². The second kappa shape index (κ2) is 9.96. The number of carbonyl (C=O) groups excluding carboxylic acids is 1. The van der Waals surface area contributed by atoms with Crippen LogP contribution < -0.4 is 0 Å². The van der Waals surface area contributed by atoms with E-state index in [-0.39, 0.29) is 6.04 Å². The number of nitrogens with zero attached hydrogens (tertiary/aromatic N) is 5. The molecule has 1 heterocycles. The zero-order valence-electron chi connectivity index (χ0n) is 16.4. The minimum Gasteiger partial charge on any atom is -0.334 e. The van der Waals surface area contributed by atoms with Gasteiger partial charge in [-0.1, -0.05) is 58.7 Å². The molecule has 30 heavy (non-hydrogen) atoms. The summed E-state index contributed by atoms with van der Waals surface area (Å²) < 4.78 is 0. The van der Waals surface area contributed by atoms with Crippen molar-refractivity contribution in [3.05, 3.63) is 80.2 Å². The number of hydrogen-bond donors (Lipinski definition) is 1. The van der Waals surface area contributed by atoms with Crippen LogP contribution in [0, 0.1) is 17.9 Å². The molecule has 3 rings (SSSR count). The molecule has 0 spiro atoms. The molecule has 0 bridgehead atoms. The first-order valence-electron chi connectivity index (χ1n) is 9.39. The van der Waals surface area contributed by atoms with Crippen molar-refractivity contribution in [1.29, 1.82) is 0 Å². The van der Waals surface area contributed by atoms with Crippen LogP contribution >= 0.6 is 11.6 Å². The largest absolute Gasteiger partial charge is 0.416 e. The number of piperazine rings is 1. The number of rotatable bonds is 5. The molecule has 0 aliphatic carbocycles. The van der Waals surface area contributed by atoms with Gasteiger partial charge >= 0.3 is 6.07 Å². The van der Waals surface area contributed by atoms with E-state index in [0.29, 0.717) is 31.2 Å². The molecule has 1 aliphatic rings. The summed E-state index contributed by atoms with van der Waals surface area (Å²) >= 11 is 6.07. The number of nitroso groups, excluding NO2 is 1. The van der Waals surface area contributed by atoms with Gasteiger partial charge in [-0.15, -0.1) is 4.91 Å². The lowest BCUT2D eigenvalue weighted by atomic mass is 9.95.